The van der Waals surface area contributed by atoms with E-state index in [1.165, 1.54) is 0 Å². The van der Waals surface area contributed by atoms with Crippen molar-refractivity contribution in [2.45, 2.75) is 6.10 Å². The van der Waals surface area contributed by atoms with Crippen LogP contribution in [0.5, 0.6) is 0 Å². The molecule has 5 heavy (non-hydrogen) atoms. The molecule has 0 heterocycles. The second-order valence-electron chi connectivity index (χ2n) is 0.946. The van der Waals surface area contributed by atoms with E-state index in [4.69, 9.17) is 5.26 Å². The van der Waals surface area contributed by atoms with Gasteiger partial charge < -0.3 is 0 Å². The Balaban J connectivity index is 2.06. The molecule has 1 aliphatic carbocycles. The van der Waals surface area contributed by atoms with Crippen LogP contribution >= 0.6 is 0 Å². The molecule has 27 valence electrons. The van der Waals surface area contributed by atoms with Gasteiger partial charge in [-0.1, -0.05) is 0 Å². The van der Waals surface area contributed by atoms with Crippen LogP contribution in [0.15, 0.2) is 12.2 Å². The summed E-state index contributed by atoms with van der Waals surface area (Å²) in [5, 5.41) is 9.13. The van der Waals surface area contributed by atoms with Crippen LogP contribution in [0.25, 0.3) is 0 Å². The maximum absolute atomic E-state index is 9.13. The number of rotatable bonds is 1. The maximum atomic E-state index is 9.13. The Kier molecular flexibility index (Phi) is 0.465. The molecule has 0 aromatic heterocycles. The van der Waals surface area contributed by atoms with Crippen molar-refractivity contribution in [1.82, 2.24) is 0 Å². The molecule has 2 nitrogen and oxygen atoms in total. The fourth-order valence-corrected chi connectivity index (χ4v) is 0.110. The molecule has 0 saturated carbocycles. The van der Waals surface area contributed by atoms with Gasteiger partial charge in [-0.15, -0.1) is 0 Å². The topological polar surface area (TPSA) is 29.1 Å². The van der Waals surface area contributed by atoms with Crippen LogP contribution in [-0.2, 0) is 10.1 Å². The standard InChI is InChI=1S/C3H3O2/c4-5-3-1-2-3/h1-3H. The van der Waals surface area contributed by atoms with Gasteiger partial charge in [-0.05, 0) is 17.4 Å². The Morgan fingerprint density at radius 2 is 2.20 bits per heavy atom. The van der Waals surface area contributed by atoms with Gasteiger partial charge in [0.25, 0.3) is 0 Å². The summed E-state index contributed by atoms with van der Waals surface area (Å²) in [6.45, 7) is 0. The van der Waals surface area contributed by atoms with Crippen molar-refractivity contribution < 1.29 is 10.1 Å². The van der Waals surface area contributed by atoms with Gasteiger partial charge in [0.2, 0.25) is 0 Å². The lowest BCUT2D eigenvalue weighted by Gasteiger charge is -1.74. The predicted molar refractivity (Wildman–Crippen MR) is 14.7 cm³/mol. The van der Waals surface area contributed by atoms with Crippen LogP contribution in [0.2, 0.25) is 0 Å². The molecule has 0 atom stereocenters. The molecule has 1 radical (unpaired) electrons. The summed E-state index contributed by atoms with van der Waals surface area (Å²) in [5.41, 5.74) is 0. The van der Waals surface area contributed by atoms with Crippen molar-refractivity contribution in [2.75, 3.05) is 0 Å². The second-order valence-corrected chi connectivity index (χ2v) is 0.946. The average molecular weight is 71.1 g/mol. The lowest BCUT2D eigenvalue weighted by molar-refractivity contribution is -0.307. The quantitative estimate of drug-likeness (QED) is 0.248. The van der Waals surface area contributed by atoms with Crippen LogP contribution < -0.4 is 0 Å². The first-order chi connectivity index (χ1) is 2.43. The Morgan fingerprint density at radius 3 is 2.20 bits per heavy atom. The zero-order valence-corrected chi connectivity index (χ0v) is 2.55. The summed E-state index contributed by atoms with van der Waals surface area (Å²) < 4.78 is 0. The molecule has 0 aromatic rings. The predicted octanol–water partition coefficient (Wildman–Crippen LogP) is 0.287. The van der Waals surface area contributed by atoms with Crippen LogP contribution in [0.3, 0.4) is 0 Å². The largest absolute Gasteiger partial charge is 0.192 e. The number of hydrogen-bond donors (Lipinski definition) is 0. The van der Waals surface area contributed by atoms with Gasteiger partial charge >= 0.3 is 0 Å². The normalized spacial score (nSPS) is 20.2. The monoisotopic (exact) mass is 71.0 g/mol. The van der Waals surface area contributed by atoms with E-state index >= 15 is 0 Å². The molecular formula is C3H3O2. The van der Waals surface area contributed by atoms with E-state index < -0.39 is 0 Å². The third-order valence-electron chi connectivity index (χ3n) is 0.461. The highest BCUT2D eigenvalue weighted by molar-refractivity contribution is 5.15. The molecule has 0 N–H and O–H groups in total. The summed E-state index contributed by atoms with van der Waals surface area (Å²) in [6, 6.07) is 0. The molecule has 0 fully saturated rings. The van der Waals surface area contributed by atoms with Gasteiger partial charge in [-0.2, -0.15) is 4.89 Å². The minimum atomic E-state index is -0.171. The number of hydrogen-bond acceptors (Lipinski definition) is 1. The molecule has 1 rings (SSSR count). The van der Waals surface area contributed by atoms with E-state index in [2.05, 4.69) is 4.89 Å². The summed E-state index contributed by atoms with van der Waals surface area (Å²) in [6.07, 6.45) is 3.20. The highest BCUT2D eigenvalue weighted by Gasteiger charge is 2.09. The minimum absolute atomic E-state index is 0.171. The van der Waals surface area contributed by atoms with Crippen molar-refractivity contribution in [1.29, 1.82) is 0 Å². The van der Waals surface area contributed by atoms with E-state index in [0.29, 0.717) is 0 Å². The first-order valence-corrected chi connectivity index (χ1v) is 1.40. The molecule has 0 bridgehead atoms. The van der Waals surface area contributed by atoms with E-state index in [0.717, 1.165) is 0 Å². The summed E-state index contributed by atoms with van der Waals surface area (Å²) >= 11 is 0. The molecule has 0 unspecified atom stereocenters. The van der Waals surface area contributed by atoms with Crippen molar-refractivity contribution >= 4 is 0 Å². The van der Waals surface area contributed by atoms with E-state index in [1.807, 2.05) is 0 Å². The minimum Gasteiger partial charge on any atom is -0.192 e. The van der Waals surface area contributed by atoms with E-state index in [9.17, 15) is 0 Å². The van der Waals surface area contributed by atoms with Gasteiger partial charge in [0.05, 0.1) is 0 Å². The lowest BCUT2D eigenvalue weighted by atomic mass is 10.8. The molecule has 1 aliphatic rings. The molecular weight excluding hydrogens is 68.0 g/mol. The smallest absolute Gasteiger partial charge is 0.133 e. The molecule has 0 amide bonds. The summed E-state index contributed by atoms with van der Waals surface area (Å²) in [7, 11) is 0. The van der Waals surface area contributed by atoms with Crippen LogP contribution in [0.1, 0.15) is 0 Å². The van der Waals surface area contributed by atoms with Gasteiger partial charge in [-0.25, -0.2) is 0 Å². The van der Waals surface area contributed by atoms with Crippen LogP contribution in [0.4, 0.5) is 0 Å². The van der Waals surface area contributed by atoms with Crippen molar-refractivity contribution in [3.8, 4) is 0 Å². The maximum Gasteiger partial charge on any atom is 0.133 e. The van der Waals surface area contributed by atoms with E-state index in [-0.39, 0.29) is 6.10 Å². The molecule has 0 aliphatic heterocycles. The van der Waals surface area contributed by atoms with E-state index in [1.54, 1.807) is 12.2 Å². The van der Waals surface area contributed by atoms with Crippen LogP contribution in [0, 0.1) is 0 Å². The SMILES string of the molecule is [O]OC1C=C1. The molecule has 0 aromatic carbocycles. The first kappa shape index (κ1) is 2.87. The highest BCUT2D eigenvalue weighted by atomic mass is 17.1. The van der Waals surface area contributed by atoms with Crippen LogP contribution in [-0.4, -0.2) is 6.10 Å². The van der Waals surface area contributed by atoms with Gasteiger partial charge in [0.1, 0.15) is 6.10 Å². The third-order valence-corrected chi connectivity index (χ3v) is 0.461. The second kappa shape index (κ2) is 0.808. The molecule has 0 saturated heterocycles. The first-order valence-electron chi connectivity index (χ1n) is 1.40. The zero-order valence-electron chi connectivity index (χ0n) is 2.55. The Hall–Kier alpha value is -0.340. The highest BCUT2D eigenvalue weighted by Crippen LogP contribution is 2.06. The Labute approximate surface area is 29.6 Å². The average Bonchev–Trinajstić information content (AvgIpc) is 2.12. The fourth-order valence-electron chi connectivity index (χ4n) is 0.110. The van der Waals surface area contributed by atoms with Crippen molar-refractivity contribution in [3.63, 3.8) is 0 Å². The van der Waals surface area contributed by atoms with Gasteiger partial charge in [0.15, 0.2) is 0 Å². The zero-order chi connectivity index (χ0) is 3.70. The van der Waals surface area contributed by atoms with Crippen molar-refractivity contribution in [2.24, 2.45) is 0 Å². The van der Waals surface area contributed by atoms with Gasteiger partial charge in [0, 0.05) is 0 Å². The van der Waals surface area contributed by atoms with Gasteiger partial charge in [-0.3, -0.25) is 0 Å². The third kappa shape index (κ3) is 0.464. The lowest BCUT2D eigenvalue weighted by Crippen LogP contribution is -1.81. The fraction of sp³-hybridized carbons (Fsp3) is 0.333. The molecule has 0 spiro atoms. The Morgan fingerprint density at radius 1 is 1.60 bits per heavy atom. The van der Waals surface area contributed by atoms with Crippen molar-refractivity contribution in [3.05, 3.63) is 12.2 Å². The molecule has 2 heteroatoms. The summed E-state index contributed by atoms with van der Waals surface area (Å²) in [4.78, 5) is 3.50. The summed E-state index contributed by atoms with van der Waals surface area (Å²) in [5.74, 6) is 0. The Bertz CT molecular complexity index is 51.9.